The highest BCUT2D eigenvalue weighted by Crippen LogP contribution is 2.32. The molecule has 1 aliphatic rings. The first-order chi connectivity index (χ1) is 14.1. The lowest BCUT2D eigenvalue weighted by molar-refractivity contribution is -0.139. The Bertz CT molecular complexity index is 1050. The second-order valence-electron chi connectivity index (χ2n) is 5.97. The molecule has 0 atom stereocenters. The number of carbonyl (C=O) groups is 2. The molecule has 150 valence electrons. The predicted molar refractivity (Wildman–Crippen MR) is 108 cm³/mol. The van der Waals surface area contributed by atoms with Gasteiger partial charge in [-0.1, -0.05) is 11.8 Å². The molecule has 4 rings (SSSR count). The van der Waals surface area contributed by atoms with Gasteiger partial charge in [-0.15, -0.1) is 16.4 Å². The van der Waals surface area contributed by atoms with Crippen LogP contribution in [0.15, 0.2) is 28.7 Å². The van der Waals surface area contributed by atoms with E-state index in [0.717, 1.165) is 40.1 Å². The fraction of sp³-hybridized carbons (Fsp3) is 0.278. The fourth-order valence-corrected chi connectivity index (χ4v) is 4.09. The number of carbonyl (C=O) groups excluding carboxylic acids is 2. The Morgan fingerprint density at radius 1 is 1.38 bits per heavy atom. The van der Waals surface area contributed by atoms with Crippen molar-refractivity contribution in [2.24, 2.45) is 0 Å². The van der Waals surface area contributed by atoms with Crippen LogP contribution in [0.5, 0.6) is 5.75 Å². The van der Waals surface area contributed by atoms with E-state index in [0.29, 0.717) is 24.1 Å². The van der Waals surface area contributed by atoms with Crippen molar-refractivity contribution in [3.63, 3.8) is 0 Å². The molecule has 9 nitrogen and oxygen atoms in total. The van der Waals surface area contributed by atoms with Gasteiger partial charge in [-0.25, -0.2) is 10.1 Å². The van der Waals surface area contributed by atoms with E-state index in [1.165, 1.54) is 11.3 Å². The Morgan fingerprint density at radius 2 is 2.28 bits per heavy atom. The molecule has 0 saturated carbocycles. The van der Waals surface area contributed by atoms with Gasteiger partial charge in [-0.3, -0.25) is 14.9 Å². The molecule has 0 radical (unpaired) electrons. The Hall–Kier alpha value is -2.92. The molecule has 0 bridgehead atoms. The number of anilines is 1. The number of thiazole rings is 1. The van der Waals surface area contributed by atoms with Gasteiger partial charge in [-0.05, 0) is 30.7 Å². The number of H-pyrrole nitrogens is 1. The van der Waals surface area contributed by atoms with Gasteiger partial charge in [0.25, 0.3) is 5.91 Å². The summed E-state index contributed by atoms with van der Waals surface area (Å²) in [7, 11) is 0. The van der Waals surface area contributed by atoms with Gasteiger partial charge in [0.15, 0.2) is 0 Å². The monoisotopic (exact) mass is 431 g/mol. The van der Waals surface area contributed by atoms with Crippen LogP contribution >= 0.6 is 23.1 Å². The minimum Gasteiger partial charge on any atom is -0.493 e. The van der Waals surface area contributed by atoms with E-state index in [-0.39, 0.29) is 17.7 Å². The average Bonchev–Trinajstić information content (AvgIpc) is 3.46. The molecule has 1 amide bonds. The van der Waals surface area contributed by atoms with Crippen molar-refractivity contribution in [3.8, 4) is 16.3 Å². The third kappa shape index (κ3) is 4.57. The number of nitrogens with zero attached hydrogens (tertiary/aromatic N) is 3. The summed E-state index contributed by atoms with van der Waals surface area (Å²) in [5, 5.41) is 12.0. The smallest absolute Gasteiger partial charge is 0.316 e. The van der Waals surface area contributed by atoms with Gasteiger partial charge < -0.3 is 9.47 Å². The number of thioether (sulfide) groups is 1. The first kappa shape index (κ1) is 19.4. The molecule has 2 aromatic heterocycles. The second-order valence-corrected chi connectivity index (χ2v) is 7.77. The average molecular weight is 431 g/mol. The van der Waals surface area contributed by atoms with Crippen molar-refractivity contribution >= 4 is 40.9 Å². The summed E-state index contributed by atoms with van der Waals surface area (Å²) in [6.45, 7) is 2.76. The first-order valence-electron chi connectivity index (χ1n) is 8.86. The van der Waals surface area contributed by atoms with E-state index in [9.17, 15) is 9.59 Å². The van der Waals surface area contributed by atoms with Crippen LogP contribution in [0.3, 0.4) is 0 Å². The first-order valence-corrected chi connectivity index (χ1v) is 10.7. The van der Waals surface area contributed by atoms with E-state index in [2.05, 4.69) is 25.5 Å². The van der Waals surface area contributed by atoms with Crippen LogP contribution in [0, 0.1) is 0 Å². The van der Waals surface area contributed by atoms with Crippen LogP contribution in [-0.2, 0) is 16.0 Å². The van der Waals surface area contributed by atoms with Gasteiger partial charge in [0.05, 0.1) is 19.0 Å². The van der Waals surface area contributed by atoms with Crippen LogP contribution < -0.4 is 10.1 Å². The van der Waals surface area contributed by atoms with E-state index >= 15 is 0 Å². The zero-order valence-electron chi connectivity index (χ0n) is 15.4. The van der Waals surface area contributed by atoms with Crippen LogP contribution in [0.25, 0.3) is 10.6 Å². The highest BCUT2D eigenvalue weighted by Gasteiger charge is 2.17. The molecule has 0 unspecified atom stereocenters. The highest BCUT2D eigenvalue weighted by molar-refractivity contribution is 7.99. The van der Waals surface area contributed by atoms with Crippen molar-refractivity contribution in [1.29, 1.82) is 0 Å². The summed E-state index contributed by atoms with van der Waals surface area (Å²) < 4.78 is 10.4. The maximum atomic E-state index is 12.5. The summed E-state index contributed by atoms with van der Waals surface area (Å²) in [5.41, 5.74) is 2.40. The standard InChI is InChI=1S/C18H17N5O4S2/c1-2-26-14(24)9-29-18-21-17(22-23-18)20-15(25)12-8-28-16(19-12)11-3-4-13-10(7-11)5-6-27-13/h3-4,7-8H,2,5-6,9H2,1H3,(H2,20,21,22,23,25). The van der Waals surface area contributed by atoms with Crippen molar-refractivity contribution < 1.29 is 19.1 Å². The van der Waals surface area contributed by atoms with Crippen LogP contribution in [0.1, 0.15) is 23.0 Å². The normalized spacial score (nSPS) is 12.3. The number of aromatic nitrogens is 4. The molecule has 11 heteroatoms. The minimum atomic E-state index is -0.393. The van der Waals surface area contributed by atoms with Crippen molar-refractivity contribution in [2.75, 3.05) is 24.3 Å². The zero-order valence-corrected chi connectivity index (χ0v) is 17.1. The summed E-state index contributed by atoms with van der Waals surface area (Å²) in [6.07, 6.45) is 0.879. The van der Waals surface area contributed by atoms with Crippen LogP contribution in [0.4, 0.5) is 5.95 Å². The number of hydrogen-bond donors (Lipinski definition) is 2. The molecule has 1 aliphatic heterocycles. The Labute approximate surface area is 174 Å². The molecular formula is C18H17N5O4S2. The number of benzene rings is 1. The molecule has 0 aliphatic carbocycles. The van der Waals surface area contributed by atoms with E-state index in [1.54, 1.807) is 12.3 Å². The Morgan fingerprint density at radius 3 is 3.14 bits per heavy atom. The largest absolute Gasteiger partial charge is 0.493 e. The number of ether oxygens (including phenoxy) is 2. The molecule has 1 aromatic carbocycles. The zero-order chi connectivity index (χ0) is 20.2. The molecule has 0 fully saturated rings. The number of amides is 1. The molecular weight excluding hydrogens is 414 g/mol. The molecule has 2 N–H and O–H groups in total. The number of aromatic amines is 1. The van der Waals surface area contributed by atoms with Crippen LogP contribution in [-0.4, -0.2) is 51.0 Å². The number of hydrogen-bond acceptors (Lipinski definition) is 9. The lowest BCUT2D eigenvalue weighted by Gasteiger charge is -2.01. The van der Waals surface area contributed by atoms with E-state index in [4.69, 9.17) is 9.47 Å². The van der Waals surface area contributed by atoms with Crippen LogP contribution in [0.2, 0.25) is 0 Å². The lowest BCUT2D eigenvalue weighted by Crippen LogP contribution is -2.13. The summed E-state index contributed by atoms with van der Waals surface area (Å²) in [6, 6.07) is 5.92. The van der Waals surface area contributed by atoms with Crippen molar-refractivity contribution in [3.05, 3.63) is 34.8 Å². The third-order valence-electron chi connectivity index (χ3n) is 3.99. The molecule has 3 heterocycles. The summed E-state index contributed by atoms with van der Waals surface area (Å²) >= 11 is 2.51. The number of fused-ring (bicyclic) bond motifs is 1. The molecule has 0 spiro atoms. The third-order valence-corrected chi connectivity index (χ3v) is 5.71. The molecule has 3 aromatic rings. The SMILES string of the molecule is CCOC(=O)CSc1n[nH]c(NC(=O)c2csc(-c3ccc4c(c3)CCO4)n2)n1. The maximum absolute atomic E-state index is 12.5. The predicted octanol–water partition coefficient (Wildman–Crippen LogP) is 2.77. The maximum Gasteiger partial charge on any atom is 0.316 e. The van der Waals surface area contributed by atoms with Gasteiger partial charge in [0, 0.05) is 17.4 Å². The number of nitrogens with one attached hydrogen (secondary N) is 2. The lowest BCUT2D eigenvalue weighted by atomic mass is 10.1. The van der Waals surface area contributed by atoms with E-state index < -0.39 is 5.91 Å². The molecule has 0 saturated heterocycles. The van der Waals surface area contributed by atoms with Crippen molar-refractivity contribution in [2.45, 2.75) is 18.5 Å². The summed E-state index contributed by atoms with van der Waals surface area (Å²) in [5.74, 6) is 0.451. The Kier molecular flexibility index (Phi) is 5.76. The van der Waals surface area contributed by atoms with Gasteiger partial charge in [0.2, 0.25) is 11.1 Å². The number of rotatable bonds is 7. The van der Waals surface area contributed by atoms with Gasteiger partial charge >= 0.3 is 5.97 Å². The highest BCUT2D eigenvalue weighted by atomic mass is 32.2. The van der Waals surface area contributed by atoms with E-state index in [1.807, 2.05) is 18.2 Å². The number of esters is 1. The minimum absolute atomic E-state index is 0.0976. The quantitative estimate of drug-likeness (QED) is 0.433. The van der Waals surface area contributed by atoms with Gasteiger partial charge in [0.1, 0.15) is 16.5 Å². The second kappa shape index (κ2) is 8.62. The van der Waals surface area contributed by atoms with Gasteiger partial charge in [-0.2, -0.15) is 4.98 Å². The summed E-state index contributed by atoms with van der Waals surface area (Å²) in [4.78, 5) is 32.4. The molecule has 29 heavy (non-hydrogen) atoms. The Balaban J connectivity index is 1.38. The topological polar surface area (TPSA) is 119 Å². The van der Waals surface area contributed by atoms with Crippen molar-refractivity contribution in [1.82, 2.24) is 20.2 Å². The fourth-order valence-electron chi connectivity index (χ4n) is 2.69.